The number of aryl methyl sites for hydroxylation is 2. The number of nitrogens with one attached hydrogen (secondary N) is 1. The molecule has 0 fully saturated rings. The van der Waals surface area contributed by atoms with Crippen LogP contribution in [0.2, 0.25) is 0 Å². The highest BCUT2D eigenvalue weighted by Gasteiger charge is 2.08. The number of aromatic nitrogens is 1. The van der Waals surface area contributed by atoms with Crippen molar-refractivity contribution in [1.82, 2.24) is 9.99 Å². The van der Waals surface area contributed by atoms with Gasteiger partial charge in [-0.05, 0) is 36.1 Å². The molecular weight excluding hydrogens is 370 g/mol. The fourth-order valence-corrected chi connectivity index (χ4v) is 3.61. The summed E-state index contributed by atoms with van der Waals surface area (Å²) in [6.45, 7) is 2.93. The van der Waals surface area contributed by atoms with Crippen LogP contribution in [-0.2, 0) is 17.8 Å². The highest BCUT2D eigenvalue weighted by Crippen LogP contribution is 2.22. The summed E-state index contributed by atoms with van der Waals surface area (Å²) in [6.07, 6.45) is 4.95. The predicted octanol–water partition coefficient (Wildman–Crippen LogP) is 5.08. The summed E-state index contributed by atoms with van der Waals surface area (Å²) in [7, 11) is 0. The van der Waals surface area contributed by atoms with Crippen LogP contribution in [0.25, 0.3) is 10.9 Å². The Kier molecular flexibility index (Phi) is 6.04. The van der Waals surface area contributed by atoms with Crippen LogP contribution in [0.4, 0.5) is 0 Å². The maximum Gasteiger partial charge on any atom is 0.240 e. The molecule has 0 atom stereocenters. The summed E-state index contributed by atoms with van der Waals surface area (Å²) in [6, 6.07) is 26.7. The van der Waals surface area contributed by atoms with E-state index in [4.69, 9.17) is 0 Å². The number of carbonyl (C=O) groups is 1. The number of nitrogens with zero attached hydrogens (tertiary/aromatic N) is 2. The van der Waals surface area contributed by atoms with E-state index >= 15 is 0 Å². The lowest BCUT2D eigenvalue weighted by molar-refractivity contribution is -0.121. The Morgan fingerprint density at radius 1 is 0.967 bits per heavy atom. The van der Waals surface area contributed by atoms with E-state index in [2.05, 4.69) is 64.6 Å². The predicted molar refractivity (Wildman–Crippen MR) is 123 cm³/mol. The maximum atomic E-state index is 12.1. The minimum Gasteiger partial charge on any atom is -0.342 e. The van der Waals surface area contributed by atoms with Gasteiger partial charge in [0.15, 0.2) is 0 Å². The van der Waals surface area contributed by atoms with Crippen molar-refractivity contribution < 1.29 is 4.79 Å². The molecule has 0 aliphatic heterocycles. The van der Waals surface area contributed by atoms with Crippen LogP contribution < -0.4 is 5.43 Å². The molecule has 0 saturated heterocycles. The van der Waals surface area contributed by atoms with E-state index in [1.54, 1.807) is 6.21 Å². The number of hydrogen-bond donors (Lipinski definition) is 1. The molecule has 0 spiro atoms. The minimum absolute atomic E-state index is 0.0845. The smallest absolute Gasteiger partial charge is 0.240 e. The summed E-state index contributed by atoms with van der Waals surface area (Å²) in [5.41, 5.74) is 8.51. The summed E-state index contributed by atoms with van der Waals surface area (Å²) >= 11 is 0. The second-order valence-corrected chi connectivity index (χ2v) is 7.43. The van der Waals surface area contributed by atoms with Gasteiger partial charge in [0.05, 0.1) is 6.21 Å². The van der Waals surface area contributed by atoms with E-state index in [9.17, 15) is 4.79 Å². The van der Waals surface area contributed by atoms with Gasteiger partial charge in [-0.25, -0.2) is 5.43 Å². The van der Waals surface area contributed by atoms with E-state index in [1.165, 1.54) is 11.1 Å². The topological polar surface area (TPSA) is 46.4 Å². The zero-order valence-corrected chi connectivity index (χ0v) is 17.1. The number of fused-ring (bicyclic) bond motifs is 1. The molecule has 4 heteroatoms. The van der Waals surface area contributed by atoms with Crippen molar-refractivity contribution in [2.45, 2.75) is 26.3 Å². The Labute approximate surface area is 176 Å². The lowest BCUT2D eigenvalue weighted by Gasteiger charge is -2.08. The molecule has 150 valence electrons. The molecule has 0 saturated carbocycles. The normalized spacial score (nSPS) is 11.2. The number of hydrazone groups is 1. The summed E-state index contributed by atoms with van der Waals surface area (Å²) < 4.78 is 2.23. The van der Waals surface area contributed by atoms with Gasteiger partial charge in [0.2, 0.25) is 5.91 Å². The molecule has 4 rings (SSSR count). The van der Waals surface area contributed by atoms with Crippen LogP contribution in [0.15, 0.2) is 90.2 Å². The number of hydrogen-bond acceptors (Lipinski definition) is 2. The first-order chi connectivity index (χ1) is 14.7. The van der Waals surface area contributed by atoms with Crippen LogP contribution in [0.1, 0.15) is 28.7 Å². The second kappa shape index (κ2) is 9.23. The van der Waals surface area contributed by atoms with Crippen LogP contribution in [-0.4, -0.2) is 16.7 Å². The van der Waals surface area contributed by atoms with Gasteiger partial charge in [-0.15, -0.1) is 0 Å². The summed E-state index contributed by atoms with van der Waals surface area (Å²) in [5.74, 6) is -0.0845. The van der Waals surface area contributed by atoms with Crippen molar-refractivity contribution in [2.75, 3.05) is 0 Å². The Bertz CT molecular complexity index is 1180. The zero-order valence-electron chi connectivity index (χ0n) is 17.1. The van der Waals surface area contributed by atoms with E-state index in [0.29, 0.717) is 12.8 Å². The van der Waals surface area contributed by atoms with Gasteiger partial charge in [0, 0.05) is 35.6 Å². The van der Waals surface area contributed by atoms with Crippen LogP contribution in [0.5, 0.6) is 0 Å². The molecule has 4 nitrogen and oxygen atoms in total. The Morgan fingerprint density at radius 3 is 2.53 bits per heavy atom. The van der Waals surface area contributed by atoms with Crippen molar-refractivity contribution in [3.05, 3.63) is 107 Å². The fraction of sp³-hybridized carbons (Fsp3) is 0.154. The molecule has 30 heavy (non-hydrogen) atoms. The molecular formula is C26H25N3O. The van der Waals surface area contributed by atoms with Crippen LogP contribution >= 0.6 is 0 Å². The largest absolute Gasteiger partial charge is 0.342 e. The molecule has 1 heterocycles. The van der Waals surface area contributed by atoms with Crippen molar-refractivity contribution in [1.29, 1.82) is 0 Å². The van der Waals surface area contributed by atoms with E-state index in [0.717, 1.165) is 28.6 Å². The molecule has 4 aromatic rings. The molecule has 0 aliphatic carbocycles. The first-order valence-corrected chi connectivity index (χ1v) is 10.2. The van der Waals surface area contributed by atoms with Crippen LogP contribution in [0, 0.1) is 6.92 Å². The monoisotopic (exact) mass is 395 g/mol. The van der Waals surface area contributed by atoms with Crippen molar-refractivity contribution in [3.63, 3.8) is 0 Å². The van der Waals surface area contributed by atoms with Gasteiger partial charge in [-0.2, -0.15) is 5.10 Å². The zero-order chi connectivity index (χ0) is 20.8. The SMILES string of the molecule is Cc1ccccc1Cn1cc(/C=N/NC(=O)CCc2ccccc2)c2ccccc21. The molecule has 1 N–H and O–H groups in total. The highest BCUT2D eigenvalue weighted by atomic mass is 16.2. The Hall–Kier alpha value is -3.66. The van der Waals surface area contributed by atoms with Gasteiger partial charge < -0.3 is 4.57 Å². The molecule has 0 bridgehead atoms. The van der Waals surface area contributed by atoms with E-state index in [1.807, 2.05) is 42.5 Å². The lowest BCUT2D eigenvalue weighted by Crippen LogP contribution is -2.17. The molecule has 1 amide bonds. The summed E-state index contributed by atoms with van der Waals surface area (Å²) in [5, 5.41) is 5.32. The van der Waals surface area contributed by atoms with Crippen molar-refractivity contribution in [2.24, 2.45) is 5.10 Å². The number of benzene rings is 3. The Balaban J connectivity index is 1.46. The quantitative estimate of drug-likeness (QED) is 0.344. The molecule has 0 unspecified atom stereocenters. The Morgan fingerprint density at radius 2 is 1.70 bits per heavy atom. The third-order valence-corrected chi connectivity index (χ3v) is 5.30. The van der Waals surface area contributed by atoms with Gasteiger partial charge in [-0.3, -0.25) is 4.79 Å². The average Bonchev–Trinajstić information content (AvgIpc) is 3.12. The van der Waals surface area contributed by atoms with Crippen LogP contribution in [0.3, 0.4) is 0 Å². The van der Waals surface area contributed by atoms with Gasteiger partial charge in [0.25, 0.3) is 0 Å². The number of para-hydroxylation sites is 1. The van der Waals surface area contributed by atoms with Gasteiger partial charge >= 0.3 is 0 Å². The van der Waals surface area contributed by atoms with Gasteiger partial charge in [-0.1, -0.05) is 72.8 Å². The van der Waals surface area contributed by atoms with Crippen molar-refractivity contribution >= 4 is 23.0 Å². The fourth-order valence-electron chi connectivity index (χ4n) is 3.61. The standard InChI is InChI=1S/C26H25N3O/c1-20-9-5-6-12-22(20)18-29-19-23(24-13-7-8-14-25(24)29)17-27-28-26(30)16-15-21-10-3-2-4-11-21/h2-14,17,19H,15-16,18H2,1H3,(H,28,30)/b27-17+. The number of carbonyl (C=O) groups excluding carboxylic acids is 1. The highest BCUT2D eigenvalue weighted by molar-refractivity contribution is 5.99. The average molecular weight is 396 g/mol. The van der Waals surface area contributed by atoms with Crippen molar-refractivity contribution in [3.8, 4) is 0 Å². The third-order valence-electron chi connectivity index (χ3n) is 5.30. The first-order valence-electron chi connectivity index (χ1n) is 10.2. The van der Waals surface area contributed by atoms with E-state index in [-0.39, 0.29) is 5.91 Å². The minimum atomic E-state index is -0.0845. The maximum absolute atomic E-state index is 12.1. The number of rotatable bonds is 7. The molecule has 1 aromatic heterocycles. The third kappa shape index (κ3) is 4.66. The lowest BCUT2D eigenvalue weighted by atomic mass is 10.1. The number of amides is 1. The first kappa shape index (κ1) is 19.6. The van der Waals surface area contributed by atoms with E-state index < -0.39 is 0 Å². The molecule has 0 aliphatic rings. The van der Waals surface area contributed by atoms with Gasteiger partial charge in [0.1, 0.15) is 0 Å². The summed E-state index contributed by atoms with van der Waals surface area (Å²) in [4.78, 5) is 12.1. The molecule has 3 aromatic carbocycles. The second-order valence-electron chi connectivity index (χ2n) is 7.43. The molecule has 0 radical (unpaired) electrons.